The smallest absolute Gasteiger partial charge is 0.361 e. The maximum absolute atomic E-state index is 13.3. The summed E-state index contributed by atoms with van der Waals surface area (Å²) in [6.07, 6.45) is 7.06. The molecule has 0 aliphatic heterocycles. The Morgan fingerprint density at radius 1 is 1.37 bits per heavy atom. The van der Waals surface area contributed by atoms with Gasteiger partial charge in [0.15, 0.2) is 11.5 Å². The van der Waals surface area contributed by atoms with Crippen LogP contribution in [0.5, 0.6) is 0 Å². The maximum atomic E-state index is 13.3. The first kappa shape index (κ1) is 17.9. The van der Waals surface area contributed by atoms with Crippen molar-refractivity contribution in [3.63, 3.8) is 0 Å². The summed E-state index contributed by atoms with van der Waals surface area (Å²) in [5.74, 6) is -0.288. The van der Waals surface area contributed by atoms with Gasteiger partial charge >= 0.3 is 5.97 Å². The Bertz CT molecular complexity index is 1010. The second-order valence-corrected chi connectivity index (χ2v) is 7.39. The molecule has 0 saturated heterocycles. The van der Waals surface area contributed by atoms with E-state index in [2.05, 4.69) is 32.7 Å². The van der Waals surface area contributed by atoms with E-state index in [1.54, 1.807) is 25.5 Å². The minimum absolute atomic E-state index is 0.0433. The van der Waals surface area contributed by atoms with E-state index in [1.807, 2.05) is 22.9 Å². The predicted octanol–water partition coefficient (Wildman–Crippen LogP) is 3.75. The molecule has 1 aromatic carbocycles. The molecule has 0 amide bonds. The minimum Gasteiger partial charge on any atom is -0.461 e. The van der Waals surface area contributed by atoms with Crippen LogP contribution in [0.3, 0.4) is 0 Å². The SMILES string of the molecule is CCOC(=O)c1noc(C2CC2)c1C(=O)c1ccc(-n2ccnc2)cc1I. The molecule has 0 spiro atoms. The Kier molecular flexibility index (Phi) is 4.81. The molecule has 4 rings (SSSR count). The lowest BCUT2D eigenvalue weighted by molar-refractivity contribution is 0.0512. The summed E-state index contributed by atoms with van der Waals surface area (Å²) in [5, 5.41) is 3.85. The number of benzene rings is 1. The second-order valence-electron chi connectivity index (χ2n) is 6.23. The predicted molar refractivity (Wildman–Crippen MR) is 104 cm³/mol. The molecule has 1 saturated carbocycles. The number of carbonyl (C=O) groups is 2. The van der Waals surface area contributed by atoms with Crippen LogP contribution in [0.25, 0.3) is 5.69 Å². The first-order valence-electron chi connectivity index (χ1n) is 8.59. The van der Waals surface area contributed by atoms with Crippen LogP contribution < -0.4 is 0 Å². The third kappa shape index (κ3) is 3.41. The van der Waals surface area contributed by atoms with Gasteiger partial charge in [-0.05, 0) is 60.6 Å². The molecule has 2 aromatic heterocycles. The van der Waals surface area contributed by atoms with Gasteiger partial charge in [-0.2, -0.15) is 0 Å². The van der Waals surface area contributed by atoms with Crippen molar-refractivity contribution < 1.29 is 18.8 Å². The van der Waals surface area contributed by atoms with Crippen LogP contribution >= 0.6 is 22.6 Å². The number of rotatable bonds is 6. The van der Waals surface area contributed by atoms with Gasteiger partial charge in [-0.3, -0.25) is 4.79 Å². The van der Waals surface area contributed by atoms with Crippen molar-refractivity contribution in [1.82, 2.24) is 14.7 Å². The van der Waals surface area contributed by atoms with Crippen LogP contribution in [-0.4, -0.2) is 33.1 Å². The quantitative estimate of drug-likeness (QED) is 0.306. The Balaban J connectivity index is 1.74. The maximum Gasteiger partial charge on any atom is 0.361 e. The average Bonchev–Trinajstić information content (AvgIpc) is 3.19. The van der Waals surface area contributed by atoms with Crippen LogP contribution in [0.4, 0.5) is 0 Å². The molecular formula is C19H16IN3O4. The summed E-state index contributed by atoms with van der Waals surface area (Å²) in [6, 6.07) is 5.48. The fourth-order valence-electron chi connectivity index (χ4n) is 2.88. The third-order valence-electron chi connectivity index (χ3n) is 4.36. The van der Waals surface area contributed by atoms with E-state index in [0.717, 1.165) is 22.1 Å². The van der Waals surface area contributed by atoms with Gasteiger partial charge < -0.3 is 13.8 Å². The molecule has 27 heavy (non-hydrogen) atoms. The molecule has 138 valence electrons. The number of nitrogens with zero attached hydrogens (tertiary/aromatic N) is 3. The number of hydrogen-bond acceptors (Lipinski definition) is 6. The van der Waals surface area contributed by atoms with E-state index in [0.29, 0.717) is 11.3 Å². The molecule has 0 bridgehead atoms. The Labute approximate surface area is 168 Å². The van der Waals surface area contributed by atoms with E-state index in [4.69, 9.17) is 9.26 Å². The van der Waals surface area contributed by atoms with Crippen LogP contribution in [0, 0.1) is 3.57 Å². The van der Waals surface area contributed by atoms with Gasteiger partial charge in [-0.25, -0.2) is 9.78 Å². The normalized spacial score (nSPS) is 13.6. The van der Waals surface area contributed by atoms with Crippen molar-refractivity contribution in [3.8, 4) is 5.69 Å². The Morgan fingerprint density at radius 2 is 2.19 bits per heavy atom. The lowest BCUT2D eigenvalue weighted by Crippen LogP contribution is -2.14. The lowest BCUT2D eigenvalue weighted by atomic mass is 9.99. The number of halogens is 1. The number of carbonyl (C=O) groups excluding carboxylic acids is 2. The highest BCUT2D eigenvalue weighted by atomic mass is 127. The number of ether oxygens (including phenoxy) is 1. The molecule has 3 aromatic rings. The van der Waals surface area contributed by atoms with Crippen LogP contribution in [-0.2, 0) is 4.74 Å². The van der Waals surface area contributed by atoms with Gasteiger partial charge in [0.1, 0.15) is 5.56 Å². The minimum atomic E-state index is -0.637. The van der Waals surface area contributed by atoms with E-state index in [-0.39, 0.29) is 29.6 Å². The number of esters is 1. The number of aromatic nitrogens is 3. The first-order chi connectivity index (χ1) is 13.1. The summed E-state index contributed by atoms with van der Waals surface area (Å²) in [5.41, 5.74) is 1.57. The zero-order valence-corrected chi connectivity index (χ0v) is 16.7. The van der Waals surface area contributed by atoms with Gasteiger partial charge in [0.2, 0.25) is 5.69 Å². The molecule has 0 unspecified atom stereocenters. The van der Waals surface area contributed by atoms with Crippen LogP contribution in [0.1, 0.15) is 57.9 Å². The highest BCUT2D eigenvalue weighted by molar-refractivity contribution is 14.1. The third-order valence-corrected chi connectivity index (χ3v) is 5.25. The van der Waals surface area contributed by atoms with Gasteiger partial charge in [-0.15, -0.1) is 0 Å². The fraction of sp³-hybridized carbons (Fsp3) is 0.263. The van der Waals surface area contributed by atoms with Gasteiger partial charge in [0.25, 0.3) is 0 Å². The van der Waals surface area contributed by atoms with E-state index < -0.39 is 5.97 Å². The molecular weight excluding hydrogens is 461 g/mol. The molecule has 0 N–H and O–H groups in total. The summed E-state index contributed by atoms with van der Waals surface area (Å²) in [6.45, 7) is 1.91. The average molecular weight is 477 g/mol. The first-order valence-corrected chi connectivity index (χ1v) is 9.67. The molecule has 7 nitrogen and oxygen atoms in total. The van der Waals surface area contributed by atoms with Crippen molar-refractivity contribution in [3.05, 3.63) is 63.1 Å². The lowest BCUT2D eigenvalue weighted by Gasteiger charge is -2.08. The molecule has 0 radical (unpaired) electrons. The zero-order chi connectivity index (χ0) is 19.0. The van der Waals surface area contributed by atoms with E-state index in [9.17, 15) is 9.59 Å². The Morgan fingerprint density at radius 3 is 2.81 bits per heavy atom. The number of imidazole rings is 1. The largest absolute Gasteiger partial charge is 0.461 e. The summed E-state index contributed by atoms with van der Waals surface area (Å²) >= 11 is 2.12. The van der Waals surface area contributed by atoms with Gasteiger partial charge in [-0.1, -0.05) is 5.16 Å². The molecule has 2 heterocycles. The molecule has 8 heteroatoms. The number of hydrogen-bond donors (Lipinski definition) is 0. The highest BCUT2D eigenvalue weighted by Crippen LogP contribution is 2.43. The monoisotopic (exact) mass is 477 g/mol. The standard InChI is InChI=1S/C19H16IN3O4/c1-2-26-19(25)16-15(18(27-22-16)11-3-4-11)17(24)13-6-5-12(9-14(13)20)23-8-7-21-10-23/h5-11H,2-4H2,1H3. The van der Waals surface area contributed by atoms with Crippen LogP contribution in [0.2, 0.25) is 0 Å². The summed E-state index contributed by atoms with van der Waals surface area (Å²) in [4.78, 5) is 29.6. The van der Waals surface area contributed by atoms with Crippen molar-refractivity contribution in [2.45, 2.75) is 25.7 Å². The summed E-state index contributed by atoms with van der Waals surface area (Å²) in [7, 11) is 0. The van der Waals surface area contributed by atoms with Gasteiger partial charge in [0, 0.05) is 33.1 Å². The van der Waals surface area contributed by atoms with E-state index >= 15 is 0 Å². The van der Waals surface area contributed by atoms with Gasteiger partial charge in [0.05, 0.1) is 12.9 Å². The van der Waals surface area contributed by atoms with Crippen molar-refractivity contribution in [1.29, 1.82) is 0 Å². The second kappa shape index (κ2) is 7.26. The van der Waals surface area contributed by atoms with Crippen molar-refractivity contribution in [2.75, 3.05) is 6.61 Å². The van der Waals surface area contributed by atoms with Crippen molar-refractivity contribution in [2.24, 2.45) is 0 Å². The Hall–Kier alpha value is -2.49. The molecule has 1 aliphatic carbocycles. The van der Waals surface area contributed by atoms with Crippen LogP contribution in [0.15, 0.2) is 41.4 Å². The highest BCUT2D eigenvalue weighted by Gasteiger charge is 2.37. The van der Waals surface area contributed by atoms with E-state index in [1.165, 1.54) is 0 Å². The van der Waals surface area contributed by atoms with Crippen molar-refractivity contribution >= 4 is 34.3 Å². The number of ketones is 1. The topological polar surface area (TPSA) is 87.2 Å². The zero-order valence-electron chi connectivity index (χ0n) is 14.5. The molecule has 1 fully saturated rings. The fourth-order valence-corrected chi connectivity index (χ4v) is 3.62. The molecule has 1 aliphatic rings. The summed E-state index contributed by atoms with van der Waals surface area (Å²) < 4.78 is 13.0. The molecule has 0 atom stereocenters.